The first-order valence-corrected chi connectivity index (χ1v) is 5.32. The molecule has 0 aromatic rings. The van der Waals surface area contributed by atoms with Gasteiger partial charge in [-0.2, -0.15) is 0 Å². The van der Waals surface area contributed by atoms with E-state index in [9.17, 15) is 4.79 Å². The molecule has 80 valence electrons. The van der Waals surface area contributed by atoms with Crippen LogP contribution in [0.4, 0.5) is 0 Å². The molecule has 1 aliphatic carbocycles. The van der Waals surface area contributed by atoms with E-state index in [1.807, 2.05) is 18.2 Å². The first-order chi connectivity index (χ1) is 6.99. The summed E-state index contributed by atoms with van der Waals surface area (Å²) < 4.78 is 0. The maximum atomic E-state index is 11.8. The van der Waals surface area contributed by atoms with Gasteiger partial charge < -0.3 is 0 Å². The van der Waals surface area contributed by atoms with Crippen LogP contribution in [0.15, 0.2) is 41.7 Å². The highest BCUT2D eigenvalue weighted by Gasteiger charge is 2.14. The van der Waals surface area contributed by atoms with Gasteiger partial charge in [0.15, 0.2) is 5.78 Å². The fourth-order valence-corrected chi connectivity index (χ4v) is 1.28. The van der Waals surface area contributed by atoms with Gasteiger partial charge in [-0.05, 0) is 30.1 Å². The lowest BCUT2D eigenvalue weighted by Gasteiger charge is -2.17. The Morgan fingerprint density at radius 2 is 2.07 bits per heavy atom. The minimum atomic E-state index is 0.217. The molecule has 0 saturated heterocycles. The second kappa shape index (κ2) is 4.95. The Bertz CT molecular complexity index is 355. The van der Waals surface area contributed by atoms with Gasteiger partial charge in [-0.1, -0.05) is 32.9 Å². The highest BCUT2D eigenvalue weighted by molar-refractivity contribution is 5.98. The van der Waals surface area contributed by atoms with Gasteiger partial charge in [0.05, 0.1) is 0 Å². The summed E-state index contributed by atoms with van der Waals surface area (Å²) in [5.74, 6) is 0.217. The second-order valence-electron chi connectivity index (χ2n) is 4.96. The first kappa shape index (κ1) is 11.7. The van der Waals surface area contributed by atoms with Crippen molar-refractivity contribution in [1.82, 2.24) is 0 Å². The average molecular weight is 202 g/mol. The summed E-state index contributed by atoms with van der Waals surface area (Å²) in [5, 5.41) is 0. The van der Waals surface area contributed by atoms with Gasteiger partial charge in [-0.15, -0.1) is 5.73 Å². The lowest BCUT2D eigenvalue weighted by Crippen LogP contribution is -2.09. The van der Waals surface area contributed by atoms with E-state index in [-0.39, 0.29) is 11.2 Å². The molecule has 0 bridgehead atoms. The molecule has 0 N–H and O–H groups in total. The van der Waals surface area contributed by atoms with Crippen LogP contribution in [0.2, 0.25) is 0 Å². The topological polar surface area (TPSA) is 17.1 Å². The standard InChI is InChI=1S/C14H18O/c1-14(2,3)11-10-13(15)12-8-6-4-5-7-9-12/h4,6-9H,10-11H2,1-3H3. The molecule has 1 rings (SSSR count). The minimum Gasteiger partial charge on any atom is -0.294 e. The predicted molar refractivity (Wildman–Crippen MR) is 63.6 cm³/mol. The normalized spacial score (nSPS) is 15.0. The lowest BCUT2D eigenvalue weighted by atomic mass is 9.88. The summed E-state index contributed by atoms with van der Waals surface area (Å²) in [5.41, 5.74) is 3.94. The summed E-state index contributed by atoms with van der Waals surface area (Å²) in [6.07, 6.45) is 10.7. The summed E-state index contributed by atoms with van der Waals surface area (Å²) in [7, 11) is 0. The molecule has 0 amide bonds. The maximum absolute atomic E-state index is 11.8. The van der Waals surface area contributed by atoms with Gasteiger partial charge in [-0.25, -0.2) is 0 Å². The van der Waals surface area contributed by atoms with E-state index in [2.05, 4.69) is 26.5 Å². The number of carbonyl (C=O) groups is 1. The van der Waals surface area contributed by atoms with Crippen LogP contribution in [0, 0.1) is 5.41 Å². The number of hydrogen-bond donors (Lipinski definition) is 0. The maximum Gasteiger partial charge on any atom is 0.162 e. The fourth-order valence-electron chi connectivity index (χ4n) is 1.28. The van der Waals surface area contributed by atoms with Crippen molar-refractivity contribution in [3.05, 3.63) is 41.7 Å². The Morgan fingerprint density at radius 1 is 1.33 bits per heavy atom. The number of rotatable bonds is 3. The van der Waals surface area contributed by atoms with Crippen molar-refractivity contribution in [3.63, 3.8) is 0 Å². The van der Waals surface area contributed by atoms with Crippen LogP contribution < -0.4 is 0 Å². The van der Waals surface area contributed by atoms with Crippen LogP contribution >= 0.6 is 0 Å². The van der Waals surface area contributed by atoms with Crippen LogP contribution in [0.3, 0.4) is 0 Å². The Hall–Kier alpha value is -1.33. The molecule has 0 unspecified atom stereocenters. The van der Waals surface area contributed by atoms with Crippen molar-refractivity contribution >= 4 is 5.78 Å². The van der Waals surface area contributed by atoms with Crippen molar-refractivity contribution in [2.75, 3.05) is 0 Å². The molecule has 0 aliphatic heterocycles. The van der Waals surface area contributed by atoms with Gasteiger partial charge in [0.2, 0.25) is 0 Å². The van der Waals surface area contributed by atoms with Crippen LogP contribution in [-0.2, 0) is 4.79 Å². The lowest BCUT2D eigenvalue weighted by molar-refractivity contribution is -0.115. The molecule has 1 aliphatic rings. The molecule has 0 spiro atoms. The van der Waals surface area contributed by atoms with E-state index in [1.165, 1.54) is 0 Å². The molecule has 1 heteroatoms. The summed E-state index contributed by atoms with van der Waals surface area (Å²) >= 11 is 0. The first-order valence-electron chi connectivity index (χ1n) is 5.32. The third-order valence-corrected chi connectivity index (χ3v) is 2.25. The molecule has 0 atom stereocenters. The predicted octanol–water partition coefficient (Wildman–Crippen LogP) is 3.59. The third-order valence-electron chi connectivity index (χ3n) is 2.25. The molecule has 0 aromatic carbocycles. The Morgan fingerprint density at radius 3 is 2.73 bits per heavy atom. The van der Waals surface area contributed by atoms with Gasteiger partial charge in [0.1, 0.15) is 0 Å². The quantitative estimate of drug-likeness (QED) is 0.639. The monoisotopic (exact) mass is 202 g/mol. The Labute approximate surface area is 91.9 Å². The molecule has 0 saturated carbocycles. The van der Waals surface area contributed by atoms with Crippen molar-refractivity contribution in [1.29, 1.82) is 0 Å². The van der Waals surface area contributed by atoms with E-state index < -0.39 is 0 Å². The third kappa shape index (κ3) is 4.62. The van der Waals surface area contributed by atoms with Gasteiger partial charge in [0, 0.05) is 12.0 Å². The van der Waals surface area contributed by atoms with E-state index in [4.69, 9.17) is 0 Å². The molecular weight excluding hydrogens is 184 g/mol. The van der Waals surface area contributed by atoms with Crippen LogP contribution in [0.25, 0.3) is 0 Å². The van der Waals surface area contributed by atoms with E-state index >= 15 is 0 Å². The largest absolute Gasteiger partial charge is 0.294 e. The molecule has 15 heavy (non-hydrogen) atoms. The van der Waals surface area contributed by atoms with Gasteiger partial charge >= 0.3 is 0 Å². The highest BCUT2D eigenvalue weighted by Crippen LogP contribution is 2.22. The van der Waals surface area contributed by atoms with Crippen molar-refractivity contribution < 1.29 is 4.79 Å². The number of Topliss-reactive ketones (excluding diaryl/α,β-unsaturated/α-hetero) is 1. The molecular formula is C14H18O. The highest BCUT2D eigenvalue weighted by atomic mass is 16.1. The summed E-state index contributed by atoms with van der Waals surface area (Å²) in [6, 6.07) is 0. The number of allylic oxidation sites excluding steroid dienone is 5. The fraction of sp³-hybridized carbons (Fsp3) is 0.429. The second-order valence-corrected chi connectivity index (χ2v) is 4.96. The zero-order chi connectivity index (χ0) is 11.3. The molecule has 0 aromatic heterocycles. The van der Waals surface area contributed by atoms with Crippen LogP contribution in [0.5, 0.6) is 0 Å². The molecule has 0 heterocycles. The zero-order valence-corrected chi connectivity index (χ0v) is 9.71. The molecule has 0 fully saturated rings. The minimum absolute atomic E-state index is 0.217. The Kier molecular flexibility index (Phi) is 3.88. The van der Waals surface area contributed by atoms with E-state index in [1.54, 1.807) is 12.2 Å². The number of carbonyl (C=O) groups excluding carboxylic acids is 1. The smallest absolute Gasteiger partial charge is 0.162 e. The Balaban J connectivity index is 2.56. The zero-order valence-electron chi connectivity index (χ0n) is 9.71. The van der Waals surface area contributed by atoms with Crippen molar-refractivity contribution in [3.8, 4) is 0 Å². The van der Waals surface area contributed by atoms with Crippen LogP contribution in [0.1, 0.15) is 33.6 Å². The summed E-state index contributed by atoms with van der Waals surface area (Å²) in [4.78, 5) is 11.8. The summed E-state index contributed by atoms with van der Waals surface area (Å²) in [6.45, 7) is 6.46. The van der Waals surface area contributed by atoms with Crippen LogP contribution in [-0.4, -0.2) is 5.78 Å². The molecule has 1 nitrogen and oxygen atoms in total. The van der Waals surface area contributed by atoms with Gasteiger partial charge in [0.25, 0.3) is 0 Å². The van der Waals surface area contributed by atoms with Crippen molar-refractivity contribution in [2.24, 2.45) is 5.41 Å². The van der Waals surface area contributed by atoms with Crippen molar-refractivity contribution in [2.45, 2.75) is 33.6 Å². The molecule has 0 radical (unpaired) electrons. The SMILES string of the molecule is CC(C)(C)CCC(=O)C1=CC=C=CC=C1. The van der Waals surface area contributed by atoms with E-state index in [0.717, 1.165) is 12.0 Å². The average Bonchev–Trinajstić information content (AvgIpc) is 2.41. The van der Waals surface area contributed by atoms with E-state index in [0.29, 0.717) is 6.42 Å². The van der Waals surface area contributed by atoms with Gasteiger partial charge in [-0.3, -0.25) is 4.79 Å². The number of hydrogen-bond acceptors (Lipinski definition) is 1. The number of ketones is 1.